The van der Waals surface area contributed by atoms with Gasteiger partial charge in [-0.25, -0.2) is 0 Å². The molecule has 0 fully saturated rings. The highest BCUT2D eigenvalue weighted by atomic mass is 32.2. The molecule has 0 aliphatic rings. The van der Waals surface area contributed by atoms with Crippen LogP contribution in [-0.4, -0.2) is 18.1 Å². The topological polar surface area (TPSA) is 83.8 Å². The molecule has 2 N–H and O–H groups in total. The number of phenolic OH excluding ortho intramolecular Hbond substituents is 1. The average molecular weight is 393 g/mol. The monoisotopic (exact) mass is 392 g/mol. The zero-order chi connectivity index (χ0) is 19.7. The van der Waals surface area contributed by atoms with Crippen LogP contribution in [0.2, 0.25) is 0 Å². The molecule has 0 heterocycles. The normalized spacial score (nSPS) is 11.5. The zero-order valence-corrected chi connectivity index (χ0v) is 16.5. The van der Waals surface area contributed by atoms with Crippen LogP contribution < -0.4 is 4.74 Å². The van der Waals surface area contributed by atoms with Gasteiger partial charge < -0.3 is 9.84 Å². The molecule has 5 nitrogen and oxygen atoms in total. The minimum Gasteiger partial charge on any atom is -0.504 e. The third-order valence-electron chi connectivity index (χ3n) is 4.44. The van der Waals surface area contributed by atoms with Gasteiger partial charge in [-0.3, -0.25) is 4.55 Å². The minimum atomic E-state index is -4.23. The molecule has 0 unspecified atom stereocenters. The van der Waals surface area contributed by atoms with E-state index in [9.17, 15) is 13.5 Å². The standard InChI is InChI=1S/C21H28O5S/c1-2-3-4-5-6-7-8-9-17-10-15-20(22)21(16-17)26-18-11-13-19(14-12-18)27(23,24)25/h10-16,22H,2-9H2,1H3,(H,23,24,25). The Morgan fingerprint density at radius 2 is 1.52 bits per heavy atom. The molecule has 2 aromatic carbocycles. The molecule has 148 valence electrons. The molecule has 2 aromatic rings. The first-order valence-electron chi connectivity index (χ1n) is 9.47. The summed E-state index contributed by atoms with van der Waals surface area (Å²) in [5.74, 6) is 0.734. The van der Waals surface area contributed by atoms with E-state index in [0.717, 1.165) is 18.4 Å². The molecule has 27 heavy (non-hydrogen) atoms. The number of hydrogen-bond acceptors (Lipinski definition) is 4. The van der Waals surface area contributed by atoms with Crippen LogP contribution >= 0.6 is 0 Å². The quantitative estimate of drug-likeness (QED) is 0.377. The molecule has 0 aliphatic carbocycles. The van der Waals surface area contributed by atoms with Crippen molar-refractivity contribution in [2.24, 2.45) is 0 Å². The van der Waals surface area contributed by atoms with Crippen molar-refractivity contribution in [3.8, 4) is 17.2 Å². The maximum Gasteiger partial charge on any atom is 0.294 e. The van der Waals surface area contributed by atoms with Gasteiger partial charge in [-0.05, 0) is 54.8 Å². The summed E-state index contributed by atoms with van der Waals surface area (Å²) in [5.41, 5.74) is 1.09. The van der Waals surface area contributed by atoms with E-state index in [-0.39, 0.29) is 10.6 Å². The molecule has 0 saturated heterocycles. The second-order valence-electron chi connectivity index (χ2n) is 6.72. The van der Waals surface area contributed by atoms with Gasteiger partial charge in [0.2, 0.25) is 0 Å². The number of aromatic hydroxyl groups is 1. The molecule has 0 amide bonds. The Morgan fingerprint density at radius 3 is 2.15 bits per heavy atom. The van der Waals surface area contributed by atoms with E-state index >= 15 is 0 Å². The Labute approximate surface area is 161 Å². The smallest absolute Gasteiger partial charge is 0.294 e. The number of unbranched alkanes of at least 4 members (excludes halogenated alkanes) is 6. The van der Waals surface area contributed by atoms with Gasteiger partial charge in [-0.15, -0.1) is 0 Å². The maximum atomic E-state index is 11.1. The van der Waals surface area contributed by atoms with Gasteiger partial charge in [0.05, 0.1) is 4.90 Å². The van der Waals surface area contributed by atoms with Crippen LogP contribution in [0, 0.1) is 0 Å². The van der Waals surface area contributed by atoms with Gasteiger partial charge in [0, 0.05) is 0 Å². The zero-order valence-electron chi connectivity index (χ0n) is 15.7. The Kier molecular flexibility index (Phi) is 8.13. The van der Waals surface area contributed by atoms with Gasteiger partial charge in [-0.2, -0.15) is 8.42 Å². The Bertz CT molecular complexity index is 813. The van der Waals surface area contributed by atoms with E-state index in [2.05, 4.69) is 6.92 Å². The summed E-state index contributed by atoms with van der Waals surface area (Å²) in [4.78, 5) is -0.202. The van der Waals surface area contributed by atoms with Gasteiger partial charge >= 0.3 is 0 Å². The summed E-state index contributed by atoms with van der Waals surface area (Å²) < 4.78 is 36.8. The number of aryl methyl sites for hydroxylation is 1. The van der Waals surface area contributed by atoms with Crippen molar-refractivity contribution in [2.75, 3.05) is 0 Å². The lowest BCUT2D eigenvalue weighted by molar-refractivity contribution is 0.410. The van der Waals surface area contributed by atoms with Crippen LogP contribution in [0.1, 0.15) is 57.4 Å². The summed E-state index contributed by atoms with van der Waals surface area (Å²) >= 11 is 0. The third kappa shape index (κ3) is 7.23. The summed E-state index contributed by atoms with van der Waals surface area (Å²) in [6, 6.07) is 10.7. The second kappa shape index (κ2) is 10.3. The lowest BCUT2D eigenvalue weighted by atomic mass is 10.0. The SMILES string of the molecule is CCCCCCCCCc1ccc(O)c(Oc2ccc(S(=O)(=O)O)cc2)c1. The Morgan fingerprint density at radius 1 is 0.889 bits per heavy atom. The van der Waals surface area contributed by atoms with Gasteiger partial charge in [0.1, 0.15) is 5.75 Å². The summed E-state index contributed by atoms with van der Waals surface area (Å²) in [7, 11) is -4.23. The largest absolute Gasteiger partial charge is 0.504 e. The van der Waals surface area contributed by atoms with Crippen molar-refractivity contribution in [3.05, 3.63) is 48.0 Å². The predicted molar refractivity (Wildman–Crippen MR) is 106 cm³/mol. The molecule has 0 saturated carbocycles. The van der Waals surface area contributed by atoms with Crippen LogP contribution in [-0.2, 0) is 16.5 Å². The van der Waals surface area contributed by atoms with Crippen molar-refractivity contribution in [3.63, 3.8) is 0 Å². The van der Waals surface area contributed by atoms with Crippen molar-refractivity contribution in [2.45, 2.75) is 63.2 Å². The molecule has 0 aliphatic heterocycles. The minimum absolute atomic E-state index is 0.0252. The average Bonchev–Trinajstić information content (AvgIpc) is 2.63. The number of ether oxygens (including phenoxy) is 1. The second-order valence-corrected chi connectivity index (χ2v) is 8.14. The molecular weight excluding hydrogens is 364 g/mol. The van der Waals surface area contributed by atoms with Crippen LogP contribution in [0.3, 0.4) is 0 Å². The molecule has 0 spiro atoms. The first-order chi connectivity index (χ1) is 12.9. The first kappa shape index (κ1) is 21.3. The van der Waals surface area contributed by atoms with Crippen LogP contribution in [0.15, 0.2) is 47.4 Å². The van der Waals surface area contributed by atoms with Gasteiger partial charge in [0.25, 0.3) is 10.1 Å². The van der Waals surface area contributed by atoms with E-state index in [0.29, 0.717) is 11.5 Å². The van der Waals surface area contributed by atoms with Crippen molar-refractivity contribution >= 4 is 10.1 Å². The van der Waals surface area contributed by atoms with Gasteiger partial charge in [0.15, 0.2) is 11.5 Å². The number of rotatable bonds is 11. The van der Waals surface area contributed by atoms with Crippen molar-refractivity contribution in [1.29, 1.82) is 0 Å². The van der Waals surface area contributed by atoms with Crippen molar-refractivity contribution < 1.29 is 22.8 Å². The molecular formula is C21H28O5S. The first-order valence-corrected chi connectivity index (χ1v) is 10.9. The lowest BCUT2D eigenvalue weighted by Crippen LogP contribution is -1.97. The van der Waals surface area contributed by atoms with E-state index in [4.69, 9.17) is 9.29 Å². The Hall–Kier alpha value is -2.05. The number of phenols is 1. The summed E-state index contributed by atoms with van der Waals surface area (Å²) in [5, 5.41) is 10.0. The fourth-order valence-electron chi connectivity index (χ4n) is 2.89. The van der Waals surface area contributed by atoms with Gasteiger partial charge in [-0.1, -0.05) is 51.5 Å². The number of hydrogen-bond donors (Lipinski definition) is 2. The summed E-state index contributed by atoms with van der Waals surface area (Å²) in [6.45, 7) is 2.22. The third-order valence-corrected chi connectivity index (χ3v) is 5.31. The summed E-state index contributed by atoms with van der Waals surface area (Å²) in [6.07, 6.45) is 9.63. The Balaban J connectivity index is 1.91. The molecule has 0 atom stereocenters. The maximum absolute atomic E-state index is 11.1. The molecule has 0 aromatic heterocycles. The van der Waals surface area contributed by atoms with Crippen molar-refractivity contribution in [1.82, 2.24) is 0 Å². The van der Waals surface area contributed by atoms with E-state index in [1.807, 2.05) is 12.1 Å². The van der Waals surface area contributed by atoms with Crippen LogP contribution in [0.4, 0.5) is 0 Å². The van der Waals surface area contributed by atoms with Crippen LogP contribution in [0.25, 0.3) is 0 Å². The highest BCUT2D eigenvalue weighted by Gasteiger charge is 2.10. The highest BCUT2D eigenvalue weighted by Crippen LogP contribution is 2.32. The van der Waals surface area contributed by atoms with E-state index < -0.39 is 10.1 Å². The highest BCUT2D eigenvalue weighted by molar-refractivity contribution is 7.85. The lowest BCUT2D eigenvalue weighted by Gasteiger charge is -2.10. The predicted octanol–water partition coefficient (Wildman–Crippen LogP) is 5.72. The van der Waals surface area contributed by atoms with Crippen LogP contribution in [0.5, 0.6) is 17.2 Å². The van der Waals surface area contributed by atoms with E-state index in [1.165, 1.54) is 62.8 Å². The molecule has 2 rings (SSSR count). The molecule has 6 heteroatoms. The fraction of sp³-hybridized carbons (Fsp3) is 0.429. The fourth-order valence-corrected chi connectivity index (χ4v) is 3.37. The number of benzene rings is 2. The molecule has 0 bridgehead atoms. The molecule has 0 radical (unpaired) electrons. The van der Waals surface area contributed by atoms with E-state index in [1.54, 1.807) is 6.07 Å².